The molecule has 1 amide bonds. The lowest BCUT2D eigenvalue weighted by atomic mass is 10.1. The Morgan fingerprint density at radius 2 is 2.00 bits per heavy atom. The minimum Gasteiger partial charge on any atom is -0.445 e. The molecule has 4 heteroatoms. The summed E-state index contributed by atoms with van der Waals surface area (Å²) in [6.07, 6.45) is -0.501. The molecule has 0 fully saturated rings. The van der Waals surface area contributed by atoms with Crippen LogP contribution in [0.1, 0.15) is 22.3 Å². The quantitative estimate of drug-likeness (QED) is 0.886. The largest absolute Gasteiger partial charge is 0.445 e. The first-order valence-electron chi connectivity index (χ1n) is 7.13. The van der Waals surface area contributed by atoms with Crippen molar-refractivity contribution < 1.29 is 9.53 Å². The second-order valence-corrected chi connectivity index (χ2v) is 4.86. The van der Waals surface area contributed by atoms with E-state index in [2.05, 4.69) is 23.2 Å². The van der Waals surface area contributed by atoms with Gasteiger partial charge in [0.1, 0.15) is 6.61 Å². The Bertz CT molecular complexity index is 780. The normalized spacial score (nSPS) is 9.22. The molecule has 0 heterocycles. The lowest BCUT2D eigenvalue weighted by molar-refractivity contribution is 0.141. The van der Waals surface area contributed by atoms with Crippen LogP contribution in [0.15, 0.2) is 48.5 Å². The maximum atomic E-state index is 11.5. The van der Waals surface area contributed by atoms with Gasteiger partial charge in [0.2, 0.25) is 0 Å². The van der Waals surface area contributed by atoms with Gasteiger partial charge in [-0.05, 0) is 36.2 Å². The van der Waals surface area contributed by atoms with Gasteiger partial charge >= 0.3 is 6.09 Å². The molecule has 2 aromatic carbocycles. The van der Waals surface area contributed by atoms with Crippen molar-refractivity contribution in [3.63, 3.8) is 0 Å². The Hall–Kier alpha value is -3.24. The van der Waals surface area contributed by atoms with Crippen LogP contribution < -0.4 is 5.32 Å². The van der Waals surface area contributed by atoms with Crippen molar-refractivity contribution in [3.8, 4) is 17.9 Å². The highest BCUT2D eigenvalue weighted by Crippen LogP contribution is 2.08. The summed E-state index contributed by atoms with van der Waals surface area (Å²) in [7, 11) is 0. The number of ether oxygens (including phenoxy) is 1. The first kappa shape index (κ1) is 16.1. The molecule has 0 saturated carbocycles. The number of alkyl carbamates (subject to hydrolysis) is 1. The molecule has 114 valence electrons. The van der Waals surface area contributed by atoms with E-state index in [0.29, 0.717) is 5.56 Å². The number of aryl methyl sites for hydroxylation is 1. The average Bonchev–Trinajstić information content (AvgIpc) is 2.58. The summed E-state index contributed by atoms with van der Waals surface area (Å²) in [6, 6.07) is 16.9. The van der Waals surface area contributed by atoms with Crippen LogP contribution in [0.2, 0.25) is 0 Å². The molecule has 0 unspecified atom stereocenters. The van der Waals surface area contributed by atoms with Crippen molar-refractivity contribution in [1.82, 2.24) is 5.32 Å². The van der Waals surface area contributed by atoms with Gasteiger partial charge in [-0.3, -0.25) is 0 Å². The van der Waals surface area contributed by atoms with Gasteiger partial charge in [-0.15, -0.1) is 0 Å². The van der Waals surface area contributed by atoms with E-state index in [0.717, 1.165) is 16.7 Å². The van der Waals surface area contributed by atoms with E-state index in [1.807, 2.05) is 43.3 Å². The van der Waals surface area contributed by atoms with Crippen molar-refractivity contribution in [2.24, 2.45) is 0 Å². The number of carbonyl (C=O) groups is 1. The van der Waals surface area contributed by atoms with E-state index in [9.17, 15) is 4.79 Å². The zero-order valence-electron chi connectivity index (χ0n) is 12.8. The van der Waals surface area contributed by atoms with Gasteiger partial charge in [0.05, 0.1) is 18.2 Å². The molecule has 0 aromatic heterocycles. The third-order valence-corrected chi connectivity index (χ3v) is 3.11. The fourth-order valence-electron chi connectivity index (χ4n) is 1.90. The van der Waals surface area contributed by atoms with Gasteiger partial charge in [0, 0.05) is 5.56 Å². The average molecular weight is 304 g/mol. The number of nitrogens with zero attached hydrogens (tertiary/aromatic N) is 1. The molecule has 0 bridgehead atoms. The third kappa shape index (κ3) is 5.22. The Morgan fingerprint density at radius 1 is 1.22 bits per heavy atom. The summed E-state index contributed by atoms with van der Waals surface area (Å²) in [6.45, 7) is 2.30. The fourth-order valence-corrected chi connectivity index (χ4v) is 1.90. The van der Waals surface area contributed by atoms with Gasteiger partial charge in [-0.1, -0.05) is 42.2 Å². The van der Waals surface area contributed by atoms with Gasteiger partial charge in [-0.25, -0.2) is 4.79 Å². The fraction of sp³-hybridized carbons (Fsp3) is 0.158. The van der Waals surface area contributed by atoms with E-state index < -0.39 is 6.09 Å². The smallest absolute Gasteiger partial charge is 0.408 e. The molecule has 0 aliphatic rings. The predicted octanol–water partition coefficient (Wildman–Crippen LogP) is 3.14. The number of hydrogen-bond acceptors (Lipinski definition) is 3. The highest BCUT2D eigenvalue weighted by Gasteiger charge is 2.00. The van der Waals surface area contributed by atoms with E-state index in [-0.39, 0.29) is 13.2 Å². The van der Waals surface area contributed by atoms with Gasteiger partial charge < -0.3 is 10.1 Å². The van der Waals surface area contributed by atoms with Crippen LogP contribution in [0.3, 0.4) is 0 Å². The van der Waals surface area contributed by atoms with E-state index >= 15 is 0 Å². The Morgan fingerprint density at radius 3 is 2.70 bits per heavy atom. The zero-order chi connectivity index (χ0) is 16.5. The Kier molecular flexibility index (Phi) is 5.80. The lowest BCUT2D eigenvalue weighted by Crippen LogP contribution is -2.24. The highest BCUT2D eigenvalue weighted by molar-refractivity contribution is 5.67. The molecule has 0 spiro atoms. The lowest BCUT2D eigenvalue weighted by Gasteiger charge is -2.04. The number of carbonyl (C=O) groups excluding carboxylic acids is 1. The summed E-state index contributed by atoms with van der Waals surface area (Å²) < 4.78 is 5.08. The molecule has 0 aliphatic carbocycles. The van der Waals surface area contributed by atoms with Gasteiger partial charge in [0.25, 0.3) is 0 Å². The topological polar surface area (TPSA) is 62.1 Å². The molecule has 0 aliphatic heterocycles. The predicted molar refractivity (Wildman–Crippen MR) is 87.4 cm³/mol. The minimum absolute atomic E-state index is 0.201. The molecule has 0 radical (unpaired) electrons. The maximum Gasteiger partial charge on any atom is 0.408 e. The number of amides is 1. The first-order chi connectivity index (χ1) is 11.2. The number of nitrogens with one attached hydrogen (secondary N) is 1. The van der Waals surface area contributed by atoms with Crippen molar-refractivity contribution in [2.45, 2.75) is 13.5 Å². The summed E-state index contributed by atoms with van der Waals surface area (Å²) in [5.74, 6) is 5.79. The molecule has 0 atom stereocenters. The van der Waals surface area contributed by atoms with E-state index in [1.54, 1.807) is 12.1 Å². The summed E-state index contributed by atoms with van der Waals surface area (Å²) >= 11 is 0. The molecular formula is C19H16N2O2. The summed E-state index contributed by atoms with van der Waals surface area (Å²) in [4.78, 5) is 11.5. The van der Waals surface area contributed by atoms with Crippen LogP contribution in [0.4, 0.5) is 4.79 Å². The van der Waals surface area contributed by atoms with Crippen LogP contribution >= 0.6 is 0 Å². The van der Waals surface area contributed by atoms with E-state index in [1.165, 1.54) is 0 Å². The summed E-state index contributed by atoms with van der Waals surface area (Å²) in [5.41, 5.74) is 3.26. The van der Waals surface area contributed by atoms with Crippen LogP contribution in [-0.2, 0) is 11.3 Å². The monoisotopic (exact) mass is 304 g/mol. The minimum atomic E-state index is -0.501. The Labute approximate surface area is 135 Å². The number of rotatable bonds is 3. The van der Waals surface area contributed by atoms with Crippen molar-refractivity contribution in [3.05, 3.63) is 70.8 Å². The van der Waals surface area contributed by atoms with E-state index in [4.69, 9.17) is 10.00 Å². The van der Waals surface area contributed by atoms with Crippen molar-refractivity contribution in [2.75, 3.05) is 6.54 Å². The Balaban J connectivity index is 1.78. The molecule has 0 saturated heterocycles. The van der Waals surface area contributed by atoms with Crippen molar-refractivity contribution >= 4 is 6.09 Å². The number of benzene rings is 2. The second kappa shape index (κ2) is 8.26. The van der Waals surface area contributed by atoms with Gasteiger partial charge in [-0.2, -0.15) is 5.26 Å². The van der Waals surface area contributed by atoms with Crippen LogP contribution in [-0.4, -0.2) is 12.6 Å². The van der Waals surface area contributed by atoms with Crippen LogP contribution in [0.25, 0.3) is 0 Å². The molecule has 2 rings (SSSR count). The standard InChI is InChI=1S/C19H16N2O2/c1-15-12-16(9-10-18(15)13-20)8-5-11-21-19(22)23-14-17-6-3-2-4-7-17/h2-4,6-7,9-10,12H,11,14H2,1H3,(H,21,22). The third-order valence-electron chi connectivity index (χ3n) is 3.11. The number of hydrogen-bond donors (Lipinski definition) is 1. The summed E-state index contributed by atoms with van der Waals surface area (Å²) in [5, 5.41) is 11.4. The molecule has 2 aromatic rings. The molecule has 23 heavy (non-hydrogen) atoms. The number of nitriles is 1. The maximum absolute atomic E-state index is 11.5. The van der Waals surface area contributed by atoms with Crippen LogP contribution in [0, 0.1) is 30.1 Å². The van der Waals surface area contributed by atoms with Gasteiger partial charge in [0.15, 0.2) is 0 Å². The zero-order valence-corrected chi connectivity index (χ0v) is 12.8. The molecule has 1 N–H and O–H groups in total. The second-order valence-electron chi connectivity index (χ2n) is 4.86. The van der Waals surface area contributed by atoms with Crippen LogP contribution in [0.5, 0.6) is 0 Å². The van der Waals surface area contributed by atoms with Crippen molar-refractivity contribution in [1.29, 1.82) is 5.26 Å². The molecule has 4 nitrogen and oxygen atoms in total. The molecular weight excluding hydrogens is 288 g/mol. The SMILES string of the molecule is Cc1cc(C#CCNC(=O)OCc2ccccc2)ccc1C#N. The highest BCUT2D eigenvalue weighted by atomic mass is 16.5. The first-order valence-corrected chi connectivity index (χ1v) is 7.13.